The lowest BCUT2D eigenvalue weighted by molar-refractivity contribution is -0.122. The first-order valence-corrected chi connectivity index (χ1v) is 9.25. The van der Waals surface area contributed by atoms with Crippen molar-refractivity contribution in [3.63, 3.8) is 0 Å². The number of amides is 2. The van der Waals surface area contributed by atoms with E-state index < -0.39 is 16.1 Å². The van der Waals surface area contributed by atoms with Gasteiger partial charge in [0, 0.05) is 18.3 Å². The summed E-state index contributed by atoms with van der Waals surface area (Å²) in [5, 5.41) is 5.21. The van der Waals surface area contributed by atoms with Gasteiger partial charge in [0.15, 0.2) is 6.10 Å². The third-order valence-corrected chi connectivity index (χ3v) is 5.03. The van der Waals surface area contributed by atoms with E-state index in [2.05, 4.69) is 15.4 Å². The van der Waals surface area contributed by atoms with E-state index in [-0.39, 0.29) is 16.7 Å². The van der Waals surface area contributed by atoms with Crippen LogP contribution in [-0.2, 0) is 19.6 Å². The third kappa shape index (κ3) is 3.77. The van der Waals surface area contributed by atoms with Gasteiger partial charge in [-0.15, -0.1) is 0 Å². The average molecular weight is 375 g/mol. The summed E-state index contributed by atoms with van der Waals surface area (Å²) in [6, 6.07) is 10.5. The van der Waals surface area contributed by atoms with Crippen molar-refractivity contribution in [2.24, 2.45) is 0 Å². The van der Waals surface area contributed by atoms with Gasteiger partial charge in [-0.25, -0.2) is 8.42 Å². The number of benzene rings is 2. The lowest BCUT2D eigenvalue weighted by Gasteiger charge is -2.23. The Labute approximate surface area is 150 Å². The van der Waals surface area contributed by atoms with E-state index >= 15 is 0 Å². The molecule has 0 aliphatic carbocycles. The summed E-state index contributed by atoms with van der Waals surface area (Å²) in [5.41, 5.74) is 1.20. The molecule has 1 unspecified atom stereocenters. The van der Waals surface area contributed by atoms with Crippen LogP contribution in [0.25, 0.3) is 0 Å². The van der Waals surface area contributed by atoms with Crippen LogP contribution >= 0.6 is 0 Å². The molecule has 0 spiro atoms. The summed E-state index contributed by atoms with van der Waals surface area (Å²) in [5.74, 6) is -0.143. The minimum absolute atomic E-state index is 0.0133. The minimum atomic E-state index is -3.86. The quantitative estimate of drug-likeness (QED) is 0.758. The van der Waals surface area contributed by atoms with Crippen LogP contribution in [0.1, 0.15) is 13.8 Å². The molecular formula is C17H17N3O5S. The number of hydrogen-bond donors (Lipinski definition) is 3. The lowest BCUT2D eigenvalue weighted by Crippen LogP contribution is -2.34. The molecule has 1 atom stereocenters. The van der Waals surface area contributed by atoms with Crippen molar-refractivity contribution in [3.05, 3.63) is 42.5 Å². The Morgan fingerprint density at radius 3 is 2.42 bits per heavy atom. The zero-order chi connectivity index (χ0) is 18.9. The van der Waals surface area contributed by atoms with Crippen LogP contribution in [0, 0.1) is 0 Å². The summed E-state index contributed by atoms with van der Waals surface area (Å²) in [4.78, 5) is 22.7. The Balaban J connectivity index is 1.81. The molecule has 3 N–H and O–H groups in total. The second-order valence-corrected chi connectivity index (χ2v) is 7.45. The Bertz CT molecular complexity index is 970. The highest BCUT2D eigenvalue weighted by molar-refractivity contribution is 7.92. The highest BCUT2D eigenvalue weighted by Crippen LogP contribution is 2.32. The monoisotopic (exact) mass is 375 g/mol. The standard InChI is InChI=1S/C17H17N3O5S/c1-10-17(22)19-15-9-14(7-8-16(15)25-10)26(23,24)20-13-5-3-12(4-6-13)18-11(2)21/h3-10,20H,1-2H3,(H,18,21)(H,19,22). The van der Waals surface area contributed by atoms with Crippen LogP contribution in [0.15, 0.2) is 47.4 Å². The molecule has 1 aliphatic heterocycles. The molecular weight excluding hydrogens is 358 g/mol. The molecule has 1 heterocycles. The first-order chi connectivity index (χ1) is 12.2. The number of sulfonamides is 1. The number of nitrogens with one attached hydrogen (secondary N) is 3. The molecule has 0 saturated carbocycles. The van der Waals surface area contributed by atoms with Gasteiger partial charge in [0.25, 0.3) is 15.9 Å². The first kappa shape index (κ1) is 17.7. The number of hydrogen-bond acceptors (Lipinski definition) is 5. The summed E-state index contributed by atoms with van der Waals surface area (Å²) in [6.07, 6.45) is -0.634. The zero-order valence-electron chi connectivity index (χ0n) is 14.1. The van der Waals surface area contributed by atoms with E-state index in [9.17, 15) is 18.0 Å². The fourth-order valence-corrected chi connectivity index (χ4v) is 3.48. The van der Waals surface area contributed by atoms with Gasteiger partial charge in [0.1, 0.15) is 5.75 Å². The van der Waals surface area contributed by atoms with Gasteiger partial charge in [-0.2, -0.15) is 0 Å². The Morgan fingerprint density at radius 1 is 1.12 bits per heavy atom. The number of ether oxygens (including phenoxy) is 1. The molecule has 0 fully saturated rings. The van der Waals surface area contributed by atoms with Gasteiger partial charge in [0.05, 0.1) is 10.6 Å². The molecule has 1 aliphatic rings. The number of rotatable bonds is 4. The summed E-state index contributed by atoms with van der Waals surface area (Å²) in [6.45, 7) is 2.99. The molecule has 8 nitrogen and oxygen atoms in total. The van der Waals surface area contributed by atoms with Crippen LogP contribution < -0.4 is 20.1 Å². The molecule has 2 amide bonds. The molecule has 9 heteroatoms. The first-order valence-electron chi connectivity index (χ1n) is 7.77. The topological polar surface area (TPSA) is 114 Å². The van der Waals surface area contributed by atoms with Crippen molar-refractivity contribution in [2.45, 2.75) is 24.8 Å². The maximum atomic E-state index is 12.6. The van der Waals surface area contributed by atoms with E-state index in [1.807, 2.05) is 0 Å². The van der Waals surface area contributed by atoms with E-state index in [0.29, 0.717) is 22.8 Å². The van der Waals surface area contributed by atoms with Crippen molar-refractivity contribution in [1.29, 1.82) is 0 Å². The van der Waals surface area contributed by atoms with Crippen LogP contribution in [-0.4, -0.2) is 26.3 Å². The van der Waals surface area contributed by atoms with Gasteiger partial charge < -0.3 is 15.4 Å². The fraction of sp³-hybridized carbons (Fsp3) is 0.176. The number of carbonyl (C=O) groups excluding carboxylic acids is 2. The molecule has 0 saturated heterocycles. The van der Waals surface area contributed by atoms with Crippen LogP contribution in [0.5, 0.6) is 5.75 Å². The van der Waals surface area contributed by atoms with E-state index in [0.717, 1.165) is 0 Å². The van der Waals surface area contributed by atoms with Crippen molar-refractivity contribution in [3.8, 4) is 5.75 Å². The number of fused-ring (bicyclic) bond motifs is 1. The SMILES string of the molecule is CC(=O)Nc1ccc(NS(=O)(=O)c2ccc3c(c2)NC(=O)C(C)O3)cc1. The summed E-state index contributed by atoms with van der Waals surface area (Å²) >= 11 is 0. The highest BCUT2D eigenvalue weighted by Gasteiger charge is 2.25. The third-order valence-electron chi connectivity index (χ3n) is 3.65. The zero-order valence-corrected chi connectivity index (χ0v) is 14.9. The molecule has 0 radical (unpaired) electrons. The predicted octanol–water partition coefficient (Wildman–Crippen LogP) is 2.17. The summed E-state index contributed by atoms with van der Waals surface area (Å²) < 4.78 is 33.0. The smallest absolute Gasteiger partial charge is 0.265 e. The van der Waals surface area contributed by atoms with E-state index in [4.69, 9.17) is 4.74 Å². The molecule has 2 aromatic carbocycles. The minimum Gasteiger partial charge on any atom is -0.479 e. The molecule has 0 aromatic heterocycles. The Kier molecular flexibility index (Phi) is 4.56. The molecule has 26 heavy (non-hydrogen) atoms. The largest absolute Gasteiger partial charge is 0.479 e. The second-order valence-electron chi connectivity index (χ2n) is 5.77. The number of carbonyl (C=O) groups is 2. The molecule has 3 rings (SSSR count). The predicted molar refractivity (Wildman–Crippen MR) is 96.7 cm³/mol. The van der Waals surface area contributed by atoms with Crippen LogP contribution in [0.4, 0.5) is 17.1 Å². The Morgan fingerprint density at radius 2 is 1.77 bits per heavy atom. The van der Waals surface area contributed by atoms with Crippen LogP contribution in [0.3, 0.4) is 0 Å². The van der Waals surface area contributed by atoms with Crippen molar-refractivity contribution in [2.75, 3.05) is 15.4 Å². The van der Waals surface area contributed by atoms with Crippen molar-refractivity contribution >= 4 is 38.9 Å². The van der Waals surface area contributed by atoms with Gasteiger partial charge >= 0.3 is 0 Å². The maximum absolute atomic E-state index is 12.6. The molecule has 0 bridgehead atoms. The maximum Gasteiger partial charge on any atom is 0.265 e. The van der Waals surface area contributed by atoms with Gasteiger partial charge in [-0.05, 0) is 49.4 Å². The van der Waals surface area contributed by atoms with Gasteiger partial charge in [-0.1, -0.05) is 0 Å². The van der Waals surface area contributed by atoms with Gasteiger partial charge in [-0.3, -0.25) is 14.3 Å². The fourth-order valence-electron chi connectivity index (χ4n) is 2.39. The lowest BCUT2D eigenvalue weighted by atomic mass is 10.2. The average Bonchev–Trinajstić information content (AvgIpc) is 2.56. The van der Waals surface area contributed by atoms with E-state index in [1.54, 1.807) is 19.1 Å². The normalized spacial score (nSPS) is 16.1. The van der Waals surface area contributed by atoms with Gasteiger partial charge in [0.2, 0.25) is 5.91 Å². The van der Waals surface area contributed by atoms with E-state index in [1.165, 1.54) is 37.3 Å². The summed E-state index contributed by atoms with van der Waals surface area (Å²) in [7, 11) is -3.86. The van der Waals surface area contributed by atoms with Crippen molar-refractivity contribution < 1.29 is 22.7 Å². The second kappa shape index (κ2) is 6.68. The molecule has 2 aromatic rings. The van der Waals surface area contributed by atoms with Crippen molar-refractivity contribution in [1.82, 2.24) is 0 Å². The van der Waals surface area contributed by atoms with Crippen LogP contribution in [0.2, 0.25) is 0 Å². The number of anilines is 3. The Hall–Kier alpha value is -3.07. The molecule has 136 valence electrons. The highest BCUT2D eigenvalue weighted by atomic mass is 32.2.